The van der Waals surface area contributed by atoms with E-state index in [1.54, 1.807) is 24.3 Å². The fraction of sp³-hybridized carbons (Fsp3) is 0.333. The maximum atomic E-state index is 14.3. The van der Waals surface area contributed by atoms with Crippen LogP contribution in [0.15, 0.2) is 48.5 Å². The van der Waals surface area contributed by atoms with Crippen LogP contribution in [0.3, 0.4) is 0 Å². The largest absolute Gasteiger partial charge is 0.497 e. The average molecular weight is 452 g/mol. The van der Waals surface area contributed by atoms with Crippen LogP contribution in [0.2, 0.25) is 0 Å². The molecular formula is C21H26FN3O5S. The molecule has 0 heterocycles. The number of nitrogens with one attached hydrogen (secondary N) is 1. The summed E-state index contributed by atoms with van der Waals surface area (Å²) in [5.74, 6) is -1.22. The highest BCUT2D eigenvalue weighted by Crippen LogP contribution is 2.22. The fourth-order valence-electron chi connectivity index (χ4n) is 2.97. The molecule has 31 heavy (non-hydrogen) atoms. The molecule has 0 spiro atoms. The number of carbonyl (C=O) groups is 2. The lowest BCUT2D eigenvalue weighted by Gasteiger charge is -2.31. The molecule has 0 aliphatic rings. The zero-order valence-corrected chi connectivity index (χ0v) is 18.6. The number of anilines is 1. The van der Waals surface area contributed by atoms with E-state index in [0.717, 1.165) is 12.3 Å². The van der Waals surface area contributed by atoms with Crippen molar-refractivity contribution in [3.63, 3.8) is 0 Å². The van der Waals surface area contributed by atoms with E-state index in [1.807, 2.05) is 0 Å². The SMILES string of the molecule is CNC(=O)[C@H](C)N(Cc1ccc(OC)cc1)C(=O)CN(c1ccccc1F)S(C)(=O)=O. The molecule has 2 rings (SSSR count). The van der Waals surface area contributed by atoms with Gasteiger partial charge in [-0.3, -0.25) is 13.9 Å². The van der Waals surface area contributed by atoms with Crippen molar-refractivity contribution in [3.05, 3.63) is 59.9 Å². The van der Waals surface area contributed by atoms with Crippen LogP contribution in [0.4, 0.5) is 10.1 Å². The zero-order valence-electron chi connectivity index (χ0n) is 17.8. The van der Waals surface area contributed by atoms with E-state index in [1.165, 1.54) is 44.2 Å². The summed E-state index contributed by atoms with van der Waals surface area (Å²) in [4.78, 5) is 26.7. The number of nitrogens with zero attached hydrogens (tertiary/aromatic N) is 2. The van der Waals surface area contributed by atoms with E-state index in [2.05, 4.69) is 5.32 Å². The molecule has 0 aromatic heterocycles. The second-order valence-corrected chi connectivity index (χ2v) is 8.79. The number of hydrogen-bond donors (Lipinski definition) is 1. The van der Waals surface area contributed by atoms with Crippen LogP contribution in [0, 0.1) is 5.82 Å². The van der Waals surface area contributed by atoms with Crippen molar-refractivity contribution in [1.29, 1.82) is 0 Å². The molecule has 2 aromatic carbocycles. The van der Waals surface area contributed by atoms with Gasteiger partial charge >= 0.3 is 0 Å². The van der Waals surface area contributed by atoms with E-state index in [9.17, 15) is 22.4 Å². The summed E-state index contributed by atoms with van der Waals surface area (Å²) in [5, 5.41) is 2.48. The van der Waals surface area contributed by atoms with Crippen molar-refractivity contribution < 1.29 is 27.1 Å². The molecular weight excluding hydrogens is 425 g/mol. The third kappa shape index (κ3) is 6.17. The normalized spacial score (nSPS) is 12.0. The van der Waals surface area contributed by atoms with Gasteiger partial charge in [-0.25, -0.2) is 12.8 Å². The molecule has 2 aromatic rings. The molecule has 0 saturated carbocycles. The van der Waals surface area contributed by atoms with Gasteiger partial charge in [0.15, 0.2) is 0 Å². The van der Waals surface area contributed by atoms with E-state index in [-0.39, 0.29) is 12.2 Å². The van der Waals surface area contributed by atoms with Crippen molar-refractivity contribution in [2.75, 3.05) is 31.3 Å². The van der Waals surface area contributed by atoms with Gasteiger partial charge in [-0.1, -0.05) is 24.3 Å². The van der Waals surface area contributed by atoms with Gasteiger partial charge in [0.25, 0.3) is 0 Å². The van der Waals surface area contributed by atoms with Crippen LogP contribution >= 0.6 is 0 Å². The van der Waals surface area contributed by atoms with E-state index in [0.29, 0.717) is 15.6 Å². The Morgan fingerprint density at radius 2 is 1.74 bits per heavy atom. The molecule has 10 heteroatoms. The van der Waals surface area contributed by atoms with E-state index < -0.39 is 40.2 Å². The van der Waals surface area contributed by atoms with Gasteiger partial charge in [0.05, 0.1) is 19.1 Å². The highest BCUT2D eigenvalue weighted by Gasteiger charge is 2.30. The number of halogens is 1. The van der Waals surface area contributed by atoms with Crippen molar-refractivity contribution in [1.82, 2.24) is 10.2 Å². The number of carbonyl (C=O) groups excluding carboxylic acids is 2. The molecule has 0 fully saturated rings. The number of hydrogen-bond acceptors (Lipinski definition) is 5. The van der Waals surface area contributed by atoms with Crippen LogP contribution < -0.4 is 14.4 Å². The van der Waals surface area contributed by atoms with Gasteiger partial charge in [0, 0.05) is 13.6 Å². The highest BCUT2D eigenvalue weighted by atomic mass is 32.2. The van der Waals surface area contributed by atoms with Crippen LogP contribution in [-0.2, 0) is 26.2 Å². The molecule has 0 radical (unpaired) electrons. The molecule has 1 atom stereocenters. The number of rotatable bonds is 9. The zero-order chi connectivity index (χ0) is 23.2. The number of amides is 2. The lowest BCUT2D eigenvalue weighted by molar-refractivity contribution is -0.139. The lowest BCUT2D eigenvalue weighted by atomic mass is 10.1. The van der Waals surface area contributed by atoms with Crippen LogP contribution in [-0.4, -0.2) is 58.1 Å². The predicted octanol–water partition coefficient (Wildman–Crippen LogP) is 1.76. The topological polar surface area (TPSA) is 96.0 Å². The maximum Gasteiger partial charge on any atom is 0.244 e. The first-order chi connectivity index (χ1) is 14.6. The van der Waals surface area contributed by atoms with Gasteiger partial charge in [0.1, 0.15) is 24.2 Å². The summed E-state index contributed by atoms with van der Waals surface area (Å²) in [7, 11) is -1.00. The maximum absolute atomic E-state index is 14.3. The van der Waals surface area contributed by atoms with Gasteiger partial charge in [-0.15, -0.1) is 0 Å². The van der Waals surface area contributed by atoms with Crippen LogP contribution in [0.1, 0.15) is 12.5 Å². The standard InChI is InChI=1S/C21H26FN3O5S/c1-15(21(27)23-2)24(13-16-9-11-17(30-3)12-10-16)20(26)14-25(31(4,28)29)19-8-6-5-7-18(19)22/h5-12,15H,13-14H2,1-4H3,(H,23,27)/t15-/m0/s1. The Labute approximate surface area is 181 Å². The number of para-hydroxylation sites is 1. The summed E-state index contributed by atoms with van der Waals surface area (Å²) in [6.45, 7) is 0.928. The molecule has 2 amide bonds. The minimum Gasteiger partial charge on any atom is -0.497 e. The Morgan fingerprint density at radius 1 is 1.13 bits per heavy atom. The van der Waals surface area contributed by atoms with Gasteiger partial charge in [-0.05, 0) is 36.8 Å². The van der Waals surface area contributed by atoms with E-state index in [4.69, 9.17) is 4.74 Å². The van der Waals surface area contributed by atoms with Crippen LogP contribution in [0.5, 0.6) is 5.75 Å². The Hall–Kier alpha value is -3.14. The summed E-state index contributed by atoms with van der Waals surface area (Å²) in [5.41, 5.74) is 0.469. The van der Waals surface area contributed by atoms with Gasteiger partial charge < -0.3 is 15.0 Å². The molecule has 0 aliphatic carbocycles. The molecule has 168 valence electrons. The second kappa shape index (κ2) is 10.3. The quantitative estimate of drug-likeness (QED) is 0.627. The van der Waals surface area contributed by atoms with Gasteiger partial charge in [0.2, 0.25) is 21.8 Å². The summed E-state index contributed by atoms with van der Waals surface area (Å²) in [6, 6.07) is 11.3. The number of likely N-dealkylation sites (N-methyl/N-ethyl adjacent to an activating group) is 1. The Kier molecular flexibility index (Phi) is 7.98. The van der Waals surface area contributed by atoms with Crippen LogP contribution in [0.25, 0.3) is 0 Å². The molecule has 1 N–H and O–H groups in total. The number of ether oxygens (including phenoxy) is 1. The third-order valence-electron chi connectivity index (χ3n) is 4.73. The lowest BCUT2D eigenvalue weighted by Crippen LogP contribution is -2.50. The first kappa shape index (κ1) is 24.1. The van der Waals surface area contributed by atoms with Crippen molar-refractivity contribution in [3.8, 4) is 5.75 Å². The summed E-state index contributed by atoms with van der Waals surface area (Å²) < 4.78 is 44.7. The monoisotopic (exact) mass is 451 g/mol. The van der Waals surface area contributed by atoms with Crippen molar-refractivity contribution >= 4 is 27.5 Å². The number of methoxy groups -OCH3 is 1. The van der Waals surface area contributed by atoms with Gasteiger partial charge in [-0.2, -0.15) is 0 Å². The van der Waals surface area contributed by atoms with E-state index >= 15 is 0 Å². The minimum atomic E-state index is -3.97. The van der Waals surface area contributed by atoms with Crippen molar-refractivity contribution in [2.45, 2.75) is 19.5 Å². The molecule has 8 nitrogen and oxygen atoms in total. The summed E-state index contributed by atoms with van der Waals surface area (Å²) >= 11 is 0. The highest BCUT2D eigenvalue weighted by molar-refractivity contribution is 7.92. The third-order valence-corrected chi connectivity index (χ3v) is 5.85. The molecule has 0 saturated heterocycles. The fourth-order valence-corrected chi connectivity index (χ4v) is 3.82. The smallest absolute Gasteiger partial charge is 0.244 e. The Bertz CT molecular complexity index is 1030. The average Bonchev–Trinajstić information content (AvgIpc) is 2.74. The number of sulfonamides is 1. The molecule has 0 aliphatic heterocycles. The first-order valence-corrected chi connectivity index (χ1v) is 11.3. The number of benzene rings is 2. The first-order valence-electron chi connectivity index (χ1n) is 9.44. The minimum absolute atomic E-state index is 0.0479. The molecule has 0 unspecified atom stereocenters. The molecule has 0 bridgehead atoms. The Morgan fingerprint density at radius 3 is 2.26 bits per heavy atom. The summed E-state index contributed by atoms with van der Waals surface area (Å²) in [6.07, 6.45) is 0.892. The predicted molar refractivity (Wildman–Crippen MR) is 116 cm³/mol. The Balaban J connectivity index is 2.37. The second-order valence-electron chi connectivity index (χ2n) is 6.88. The van der Waals surface area contributed by atoms with Crippen molar-refractivity contribution in [2.24, 2.45) is 0 Å².